The first-order chi connectivity index (χ1) is 12.8. The number of fused-ring (bicyclic) bond motifs is 1. The average molecular weight is 349 g/mol. The predicted octanol–water partition coefficient (Wildman–Crippen LogP) is 2.38. The third kappa shape index (κ3) is 3.57. The van der Waals surface area contributed by atoms with Crippen LogP contribution >= 0.6 is 0 Å². The number of benzene rings is 1. The fraction of sp³-hybridized carbons (Fsp3) is 0.211. The van der Waals surface area contributed by atoms with Gasteiger partial charge in [0.2, 0.25) is 12.7 Å². The summed E-state index contributed by atoms with van der Waals surface area (Å²) in [6.07, 6.45) is 2.58. The summed E-state index contributed by atoms with van der Waals surface area (Å²) in [6, 6.07) is 13.5. The molecule has 2 aromatic heterocycles. The molecule has 1 aliphatic heterocycles. The minimum absolute atomic E-state index is 0.247. The molecular formula is C19H19N5O2. The Labute approximate surface area is 151 Å². The molecule has 0 bridgehead atoms. The molecule has 0 amide bonds. The molecule has 0 radical (unpaired) electrons. The van der Waals surface area contributed by atoms with E-state index in [0.29, 0.717) is 19.0 Å². The van der Waals surface area contributed by atoms with Crippen molar-refractivity contribution in [1.29, 1.82) is 0 Å². The van der Waals surface area contributed by atoms with Gasteiger partial charge in [-0.05, 0) is 36.4 Å². The quantitative estimate of drug-likeness (QED) is 0.705. The number of rotatable bonds is 6. The van der Waals surface area contributed by atoms with Crippen LogP contribution in [0.15, 0.2) is 48.7 Å². The zero-order chi connectivity index (χ0) is 17.8. The highest BCUT2D eigenvalue weighted by molar-refractivity contribution is 5.65. The van der Waals surface area contributed by atoms with Crippen LogP contribution in [0.2, 0.25) is 0 Å². The van der Waals surface area contributed by atoms with Crippen molar-refractivity contribution in [3.05, 3.63) is 60.0 Å². The van der Waals surface area contributed by atoms with Crippen LogP contribution in [-0.4, -0.2) is 28.3 Å². The first kappa shape index (κ1) is 16.3. The average Bonchev–Trinajstić information content (AvgIpc) is 3.16. The van der Waals surface area contributed by atoms with Crippen LogP contribution in [0.25, 0.3) is 11.3 Å². The zero-order valence-electron chi connectivity index (χ0n) is 14.2. The number of nitrogens with one attached hydrogen (secondary N) is 1. The van der Waals surface area contributed by atoms with Gasteiger partial charge in [-0.1, -0.05) is 6.07 Å². The summed E-state index contributed by atoms with van der Waals surface area (Å²) in [6.45, 7) is 1.28. The Morgan fingerprint density at radius 1 is 1.00 bits per heavy atom. The van der Waals surface area contributed by atoms with E-state index >= 15 is 0 Å². The first-order valence-electron chi connectivity index (χ1n) is 8.43. The van der Waals surface area contributed by atoms with Crippen LogP contribution in [0.1, 0.15) is 11.4 Å². The molecule has 0 aliphatic carbocycles. The number of hydrogen-bond donors (Lipinski definition) is 2. The molecule has 4 rings (SSSR count). The lowest BCUT2D eigenvalue weighted by atomic mass is 10.1. The lowest BCUT2D eigenvalue weighted by Gasteiger charge is -2.10. The molecule has 26 heavy (non-hydrogen) atoms. The summed E-state index contributed by atoms with van der Waals surface area (Å²) in [5.74, 6) is 2.02. The van der Waals surface area contributed by atoms with Gasteiger partial charge < -0.3 is 20.5 Å². The molecule has 0 saturated heterocycles. The summed E-state index contributed by atoms with van der Waals surface area (Å²) in [5, 5.41) is 3.26. The van der Waals surface area contributed by atoms with E-state index in [-0.39, 0.29) is 6.79 Å². The van der Waals surface area contributed by atoms with E-state index in [1.54, 1.807) is 6.20 Å². The van der Waals surface area contributed by atoms with E-state index in [4.69, 9.17) is 15.2 Å². The van der Waals surface area contributed by atoms with Gasteiger partial charge in [-0.25, -0.2) is 9.97 Å². The second-order valence-electron chi connectivity index (χ2n) is 5.84. The van der Waals surface area contributed by atoms with Gasteiger partial charge in [0.05, 0.1) is 11.4 Å². The summed E-state index contributed by atoms with van der Waals surface area (Å²) in [4.78, 5) is 13.4. The van der Waals surface area contributed by atoms with E-state index in [0.717, 1.165) is 40.6 Å². The topological polar surface area (TPSA) is 95.2 Å². The molecule has 3 N–H and O–H groups in total. The minimum Gasteiger partial charge on any atom is -0.454 e. The first-order valence-corrected chi connectivity index (χ1v) is 8.43. The molecule has 0 spiro atoms. The van der Waals surface area contributed by atoms with Gasteiger partial charge in [0.15, 0.2) is 11.5 Å². The van der Waals surface area contributed by atoms with Gasteiger partial charge in [0, 0.05) is 37.0 Å². The maximum atomic E-state index is 5.80. The zero-order valence-corrected chi connectivity index (χ0v) is 14.2. The van der Waals surface area contributed by atoms with Gasteiger partial charge in [-0.2, -0.15) is 0 Å². The van der Waals surface area contributed by atoms with Crippen LogP contribution < -0.4 is 20.5 Å². The maximum Gasteiger partial charge on any atom is 0.231 e. The monoisotopic (exact) mass is 349 g/mol. The second kappa shape index (κ2) is 7.37. The molecule has 0 unspecified atom stereocenters. The van der Waals surface area contributed by atoms with E-state index < -0.39 is 0 Å². The van der Waals surface area contributed by atoms with Crippen molar-refractivity contribution in [3.8, 4) is 22.8 Å². The fourth-order valence-corrected chi connectivity index (χ4v) is 2.73. The van der Waals surface area contributed by atoms with E-state index in [1.807, 2.05) is 42.5 Å². The van der Waals surface area contributed by atoms with Crippen LogP contribution in [-0.2, 0) is 13.0 Å². The molecule has 1 aliphatic rings. The number of hydrogen-bond acceptors (Lipinski definition) is 7. The summed E-state index contributed by atoms with van der Waals surface area (Å²) < 4.78 is 10.8. The number of pyridine rings is 1. The van der Waals surface area contributed by atoms with Crippen molar-refractivity contribution in [2.24, 2.45) is 5.73 Å². The lowest BCUT2D eigenvalue weighted by molar-refractivity contribution is 0.174. The van der Waals surface area contributed by atoms with E-state index in [2.05, 4.69) is 20.3 Å². The standard InChI is InChI=1S/C19H19N5O2/c20-11-15-10-16(13-4-5-17-18(9-13)26-12-25-17)24-19(23-15)22-8-6-14-3-1-2-7-21-14/h1-5,7,9-10H,6,8,11-12,20H2,(H,22,23,24). The van der Waals surface area contributed by atoms with Gasteiger partial charge in [0.1, 0.15) is 0 Å². The van der Waals surface area contributed by atoms with Crippen molar-refractivity contribution >= 4 is 5.95 Å². The molecule has 1 aromatic carbocycles. The Hall–Kier alpha value is -3.19. The van der Waals surface area contributed by atoms with Crippen molar-refractivity contribution in [3.63, 3.8) is 0 Å². The number of nitrogens with zero attached hydrogens (tertiary/aromatic N) is 3. The smallest absolute Gasteiger partial charge is 0.231 e. The lowest BCUT2D eigenvalue weighted by Crippen LogP contribution is -2.11. The molecule has 132 valence electrons. The molecule has 7 nitrogen and oxygen atoms in total. The molecular weight excluding hydrogens is 330 g/mol. The second-order valence-corrected chi connectivity index (χ2v) is 5.84. The summed E-state index contributed by atoms with van der Waals surface area (Å²) in [5.41, 5.74) is 9.31. The molecule has 0 saturated carbocycles. The predicted molar refractivity (Wildman–Crippen MR) is 97.9 cm³/mol. The number of nitrogens with two attached hydrogens (primary N) is 1. The molecule has 7 heteroatoms. The van der Waals surface area contributed by atoms with Crippen molar-refractivity contribution in [1.82, 2.24) is 15.0 Å². The van der Waals surface area contributed by atoms with Gasteiger partial charge in [-0.15, -0.1) is 0 Å². The SMILES string of the molecule is NCc1cc(-c2ccc3c(c2)OCO3)nc(NCCc2ccccn2)n1. The van der Waals surface area contributed by atoms with Crippen LogP contribution in [0, 0.1) is 0 Å². The largest absolute Gasteiger partial charge is 0.454 e. The molecule has 3 aromatic rings. The summed E-state index contributed by atoms with van der Waals surface area (Å²) >= 11 is 0. The Bertz CT molecular complexity index is 902. The van der Waals surface area contributed by atoms with Crippen LogP contribution in [0.5, 0.6) is 11.5 Å². The van der Waals surface area contributed by atoms with Crippen molar-refractivity contribution < 1.29 is 9.47 Å². The van der Waals surface area contributed by atoms with Gasteiger partial charge in [0.25, 0.3) is 0 Å². The van der Waals surface area contributed by atoms with E-state index in [9.17, 15) is 0 Å². The van der Waals surface area contributed by atoms with Crippen LogP contribution in [0.4, 0.5) is 5.95 Å². The molecule has 0 fully saturated rings. The Morgan fingerprint density at radius 2 is 1.92 bits per heavy atom. The number of anilines is 1. The normalized spacial score (nSPS) is 12.2. The van der Waals surface area contributed by atoms with Crippen molar-refractivity contribution in [2.45, 2.75) is 13.0 Å². The number of aromatic nitrogens is 3. The minimum atomic E-state index is 0.247. The van der Waals surface area contributed by atoms with E-state index in [1.165, 1.54) is 0 Å². The highest BCUT2D eigenvalue weighted by Crippen LogP contribution is 2.35. The Morgan fingerprint density at radius 3 is 2.77 bits per heavy atom. The number of ether oxygens (including phenoxy) is 2. The van der Waals surface area contributed by atoms with Gasteiger partial charge >= 0.3 is 0 Å². The third-order valence-electron chi connectivity index (χ3n) is 4.05. The van der Waals surface area contributed by atoms with Gasteiger partial charge in [-0.3, -0.25) is 4.98 Å². The molecule has 3 heterocycles. The molecule has 0 atom stereocenters. The van der Waals surface area contributed by atoms with Crippen molar-refractivity contribution in [2.75, 3.05) is 18.7 Å². The Kier molecular flexibility index (Phi) is 4.61. The van der Waals surface area contributed by atoms with Crippen LogP contribution in [0.3, 0.4) is 0 Å². The fourth-order valence-electron chi connectivity index (χ4n) is 2.73. The highest BCUT2D eigenvalue weighted by Gasteiger charge is 2.15. The maximum absolute atomic E-state index is 5.80. The third-order valence-corrected chi connectivity index (χ3v) is 4.05. The summed E-state index contributed by atoms with van der Waals surface area (Å²) in [7, 11) is 0. The Balaban J connectivity index is 1.53. The highest BCUT2D eigenvalue weighted by atomic mass is 16.7.